The van der Waals surface area contributed by atoms with Crippen molar-refractivity contribution in [3.05, 3.63) is 69.2 Å². The van der Waals surface area contributed by atoms with E-state index < -0.39 is 0 Å². The number of nitrogens with zero attached hydrogens (tertiary/aromatic N) is 2. The van der Waals surface area contributed by atoms with Crippen LogP contribution in [0.4, 0.5) is 9.52 Å². The van der Waals surface area contributed by atoms with Gasteiger partial charge in [0, 0.05) is 35.5 Å². The van der Waals surface area contributed by atoms with Gasteiger partial charge in [-0.2, -0.15) is 0 Å². The number of fused-ring (bicyclic) bond motifs is 1. The number of H-pyrrole nitrogens is 1. The molecule has 25 heavy (non-hydrogen) atoms. The summed E-state index contributed by atoms with van der Waals surface area (Å²) in [7, 11) is 0. The fourth-order valence-electron chi connectivity index (χ4n) is 2.78. The van der Waals surface area contributed by atoms with Crippen molar-refractivity contribution >= 4 is 34.1 Å². The Morgan fingerprint density at radius 2 is 2.16 bits per heavy atom. The molecule has 0 fully saturated rings. The molecule has 4 rings (SSSR count). The van der Waals surface area contributed by atoms with E-state index in [0.717, 1.165) is 32.7 Å². The minimum absolute atomic E-state index is 0.0450. The third kappa shape index (κ3) is 3.75. The van der Waals surface area contributed by atoms with Crippen LogP contribution < -0.4 is 16.0 Å². The number of thiazole rings is 1. The van der Waals surface area contributed by atoms with E-state index >= 15 is 0 Å². The van der Waals surface area contributed by atoms with Gasteiger partial charge in [-0.05, 0) is 23.3 Å². The second kappa shape index (κ2) is 6.98. The van der Waals surface area contributed by atoms with Crippen molar-refractivity contribution in [1.82, 2.24) is 9.97 Å². The highest BCUT2D eigenvalue weighted by Gasteiger charge is 2.11. The highest BCUT2D eigenvalue weighted by Crippen LogP contribution is 2.21. The van der Waals surface area contributed by atoms with E-state index in [-0.39, 0.29) is 11.2 Å². The average Bonchev–Trinajstić information content (AvgIpc) is 3.22. The molecule has 2 aromatic heterocycles. The maximum absolute atomic E-state index is 12.9. The lowest BCUT2D eigenvalue weighted by atomic mass is 10.1. The molecule has 4 nitrogen and oxygen atoms in total. The van der Waals surface area contributed by atoms with E-state index in [0.29, 0.717) is 13.1 Å². The van der Waals surface area contributed by atoms with Gasteiger partial charge >= 0.3 is 0 Å². The quantitative estimate of drug-likeness (QED) is 0.675. The molecule has 1 aliphatic heterocycles. The summed E-state index contributed by atoms with van der Waals surface area (Å²) in [6, 6.07) is 6.46. The van der Waals surface area contributed by atoms with Crippen molar-refractivity contribution in [2.75, 3.05) is 11.9 Å². The molecule has 0 spiro atoms. The summed E-state index contributed by atoms with van der Waals surface area (Å²) in [6.07, 6.45) is 6.72. The first-order chi connectivity index (χ1) is 12.2. The molecule has 1 aromatic carbocycles. The first kappa shape index (κ1) is 16.3. The Labute approximate surface area is 153 Å². The molecule has 0 bridgehead atoms. The predicted octanol–water partition coefficient (Wildman–Crippen LogP) is 2.83. The highest BCUT2D eigenvalue weighted by atomic mass is 35.5. The fraction of sp³-hybridized carbons (Fsp3) is 0.222. The van der Waals surface area contributed by atoms with Crippen LogP contribution in [0.15, 0.2) is 41.7 Å². The Hall–Kier alpha value is -2.18. The zero-order valence-electron chi connectivity index (χ0n) is 13.3. The van der Waals surface area contributed by atoms with Gasteiger partial charge in [0.15, 0.2) is 5.13 Å². The molecule has 1 unspecified atom stereocenters. The lowest BCUT2D eigenvalue weighted by molar-refractivity contribution is 0.627. The molecule has 0 radical (unpaired) electrons. The van der Waals surface area contributed by atoms with Crippen LogP contribution in [0.5, 0.6) is 0 Å². The second-order valence-electron chi connectivity index (χ2n) is 5.89. The molecule has 0 amide bonds. The standard InChI is InChI=1S/C18H16ClFN4S/c19-13-6-16-12(8-21-17(16)22-9-13)5-15-10-24-18(25-15)23-7-11-1-3-14(20)4-2-11/h1-4,6,8,10,13H,5,7,9H2,(H,21,22)(H,23,24). The summed E-state index contributed by atoms with van der Waals surface area (Å²) >= 11 is 7.80. The van der Waals surface area contributed by atoms with Gasteiger partial charge in [-0.25, -0.2) is 9.37 Å². The zero-order valence-corrected chi connectivity index (χ0v) is 14.9. The van der Waals surface area contributed by atoms with Crippen LogP contribution in [0.25, 0.3) is 6.08 Å². The number of rotatable bonds is 5. The van der Waals surface area contributed by atoms with Crippen molar-refractivity contribution in [3.8, 4) is 0 Å². The van der Waals surface area contributed by atoms with E-state index in [1.807, 2.05) is 12.4 Å². The molecule has 3 aromatic rings. The lowest BCUT2D eigenvalue weighted by Crippen LogP contribution is -2.32. The number of hydrogen-bond acceptors (Lipinski definition) is 4. The van der Waals surface area contributed by atoms with Gasteiger partial charge in [0.25, 0.3) is 0 Å². The molecule has 2 N–H and O–H groups in total. The number of aromatic amines is 1. The first-order valence-electron chi connectivity index (χ1n) is 7.97. The molecule has 1 atom stereocenters. The van der Waals surface area contributed by atoms with Crippen LogP contribution >= 0.6 is 22.9 Å². The molecular formula is C18H16ClFN4S. The number of halogens is 2. The maximum atomic E-state index is 12.9. The van der Waals surface area contributed by atoms with E-state index in [1.54, 1.807) is 23.5 Å². The first-order valence-corrected chi connectivity index (χ1v) is 9.22. The molecule has 128 valence electrons. The van der Waals surface area contributed by atoms with E-state index in [1.165, 1.54) is 17.7 Å². The summed E-state index contributed by atoms with van der Waals surface area (Å²) < 4.78 is 12.9. The largest absolute Gasteiger partial charge is 0.357 e. The Bertz CT molecular complexity index is 993. The summed E-state index contributed by atoms with van der Waals surface area (Å²) in [5.74, 6) is -0.224. The number of anilines is 1. The van der Waals surface area contributed by atoms with Crippen LogP contribution in [0.1, 0.15) is 16.0 Å². The molecule has 3 heterocycles. The van der Waals surface area contributed by atoms with Crippen molar-refractivity contribution < 1.29 is 4.39 Å². The van der Waals surface area contributed by atoms with Crippen molar-refractivity contribution in [2.45, 2.75) is 18.3 Å². The Kier molecular flexibility index (Phi) is 4.55. The fourth-order valence-corrected chi connectivity index (χ4v) is 3.80. The summed E-state index contributed by atoms with van der Waals surface area (Å²) in [4.78, 5) is 13.2. The van der Waals surface area contributed by atoms with E-state index in [4.69, 9.17) is 11.6 Å². The Morgan fingerprint density at radius 3 is 3.00 bits per heavy atom. The second-order valence-corrected chi connectivity index (χ2v) is 7.56. The van der Waals surface area contributed by atoms with Crippen LogP contribution in [0.3, 0.4) is 0 Å². The zero-order chi connectivity index (χ0) is 17.2. The monoisotopic (exact) mass is 374 g/mol. The van der Waals surface area contributed by atoms with E-state index in [9.17, 15) is 4.39 Å². The Balaban J connectivity index is 1.45. The van der Waals surface area contributed by atoms with E-state index in [2.05, 4.69) is 26.4 Å². The van der Waals surface area contributed by atoms with Crippen molar-refractivity contribution in [2.24, 2.45) is 4.99 Å². The Morgan fingerprint density at radius 1 is 1.32 bits per heavy atom. The molecule has 7 heteroatoms. The van der Waals surface area contributed by atoms with Gasteiger partial charge in [-0.1, -0.05) is 18.2 Å². The van der Waals surface area contributed by atoms with Gasteiger partial charge in [-0.3, -0.25) is 4.99 Å². The lowest BCUT2D eigenvalue weighted by Gasteiger charge is -2.03. The third-order valence-corrected chi connectivity index (χ3v) is 5.25. The van der Waals surface area contributed by atoms with Crippen LogP contribution in [-0.4, -0.2) is 21.9 Å². The maximum Gasteiger partial charge on any atom is 0.183 e. The van der Waals surface area contributed by atoms with Crippen LogP contribution in [0.2, 0.25) is 0 Å². The number of nitrogens with one attached hydrogen (secondary N) is 2. The number of benzene rings is 1. The van der Waals surface area contributed by atoms with Gasteiger partial charge in [0.05, 0.1) is 11.9 Å². The third-order valence-electron chi connectivity index (χ3n) is 4.03. The van der Waals surface area contributed by atoms with Crippen LogP contribution in [0, 0.1) is 5.82 Å². The van der Waals surface area contributed by atoms with Gasteiger partial charge < -0.3 is 10.3 Å². The van der Waals surface area contributed by atoms with Crippen molar-refractivity contribution in [3.63, 3.8) is 0 Å². The summed E-state index contributed by atoms with van der Waals surface area (Å²) in [5.41, 5.74) is 3.10. The molecule has 1 aliphatic rings. The SMILES string of the molecule is Fc1ccc(CNc2ncc(Cc3c[nH]c4c3=CC(Cl)CN=4)s2)cc1. The van der Waals surface area contributed by atoms with Crippen LogP contribution in [-0.2, 0) is 13.0 Å². The average molecular weight is 375 g/mol. The minimum Gasteiger partial charge on any atom is -0.357 e. The molecule has 0 aliphatic carbocycles. The van der Waals surface area contributed by atoms with Gasteiger partial charge in [0.2, 0.25) is 0 Å². The number of hydrogen-bond donors (Lipinski definition) is 2. The summed E-state index contributed by atoms with van der Waals surface area (Å²) in [5, 5.41) is 5.19. The summed E-state index contributed by atoms with van der Waals surface area (Å²) in [6.45, 7) is 1.24. The smallest absolute Gasteiger partial charge is 0.183 e. The predicted molar refractivity (Wildman–Crippen MR) is 99.2 cm³/mol. The van der Waals surface area contributed by atoms with Crippen molar-refractivity contribution in [1.29, 1.82) is 0 Å². The van der Waals surface area contributed by atoms with Gasteiger partial charge in [0.1, 0.15) is 11.3 Å². The molecule has 0 saturated heterocycles. The normalized spacial score (nSPS) is 16.0. The molecular weight excluding hydrogens is 359 g/mol. The molecule has 0 saturated carbocycles. The topological polar surface area (TPSA) is 53.1 Å². The number of aromatic nitrogens is 2. The van der Waals surface area contributed by atoms with Gasteiger partial charge in [-0.15, -0.1) is 22.9 Å². The number of alkyl halides is 1. The minimum atomic E-state index is -0.224. The highest BCUT2D eigenvalue weighted by molar-refractivity contribution is 7.15.